The van der Waals surface area contributed by atoms with Crippen LogP contribution in [0.4, 0.5) is 0 Å². The standard InChI is InChI=1S/C12H21NO3/c14-11(7-8-12(15)16)13-9-3-6-10-4-1-2-5-10/h10H,1-9H2,(H,13,14)(H,15,16). The molecule has 92 valence electrons. The van der Waals surface area contributed by atoms with Gasteiger partial charge in [-0.3, -0.25) is 9.59 Å². The Balaban J connectivity index is 1.93. The summed E-state index contributed by atoms with van der Waals surface area (Å²) in [6, 6.07) is 0. The van der Waals surface area contributed by atoms with Gasteiger partial charge in [-0.15, -0.1) is 0 Å². The molecule has 1 rings (SSSR count). The molecule has 1 amide bonds. The highest BCUT2D eigenvalue weighted by Gasteiger charge is 2.14. The van der Waals surface area contributed by atoms with Gasteiger partial charge in [0.05, 0.1) is 6.42 Å². The van der Waals surface area contributed by atoms with Crippen LogP contribution in [0, 0.1) is 5.92 Å². The number of carboxylic acids is 1. The smallest absolute Gasteiger partial charge is 0.303 e. The first-order valence-corrected chi connectivity index (χ1v) is 6.17. The largest absolute Gasteiger partial charge is 0.481 e. The van der Waals surface area contributed by atoms with E-state index in [0.717, 1.165) is 12.3 Å². The Hall–Kier alpha value is -1.06. The van der Waals surface area contributed by atoms with Gasteiger partial charge in [-0.05, 0) is 18.8 Å². The number of carboxylic acid groups (broad SMARTS) is 1. The fraction of sp³-hybridized carbons (Fsp3) is 0.833. The highest BCUT2D eigenvalue weighted by atomic mass is 16.4. The molecule has 16 heavy (non-hydrogen) atoms. The summed E-state index contributed by atoms with van der Waals surface area (Å²) in [7, 11) is 0. The third-order valence-electron chi connectivity index (χ3n) is 3.15. The normalized spacial score (nSPS) is 16.2. The molecule has 0 aromatic rings. The molecule has 2 N–H and O–H groups in total. The van der Waals surface area contributed by atoms with E-state index in [9.17, 15) is 9.59 Å². The van der Waals surface area contributed by atoms with E-state index in [0.29, 0.717) is 6.54 Å². The Kier molecular flexibility index (Phi) is 5.90. The van der Waals surface area contributed by atoms with Crippen LogP contribution in [-0.2, 0) is 9.59 Å². The topological polar surface area (TPSA) is 66.4 Å². The van der Waals surface area contributed by atoms with Crippen LogP contribution in [0.5, 0.6) is 0 Å². The minimum atomic E-state index is -0.916. The second-order valence-corrected chi connectivity index (χ2v) is 4.54. The van der Waals surface area contributed by atoms with Gasteiger partial charge in [0, 0.05) is 13.0 Å². The SMILES string of the molecule is O=C(O)CCC(=O)NCCCC1CCCC1. The molecule has 1 aliphatic rings. The van der Waals surface area contributed by atoms with Crippen LogP contribution in [0.25, 0.3) is 0 Å². The summed E-state index contributed by atoms with van der Waals surface area (Å²) in [6.07, 6.45) is 7.63. The van der Waals surface area contributed by atoms with Gasteiger partial charge < -0.3 is 10.4 Å². The summed E-state index contributed by atoms with van der Waals surface area (Å²) >= 11 is 0. The summed E-state index contributed by atoms with van der Waals surface area (Å²) < 4.78 is 0. The molecule has 1 fully saturated rings. The van der Waals surface area contributed by atoms with Crippen LogP contribution in [0.15, 0.2) is 0 Å². The van der Waals surface area contributed by atoms with E-state index in [1.807, 2.05) is 0 Å². The highest BCUT2D eigenvalue weighted by molar-refractivity contribution is 5.80. The summed E-state index contributed by atoms with van der Waals surface area (Å²) in [5, 5.41) is 11.2. The van der Waals surface area contributed by atoms with Gasteiger partial charge in [0.25, 0.3) is 0 Å². The van der Waals surface area contributed by atoms with Gasteiger partial charge >= 0.3 is 5.97 Å². The fourth-order valence-electron chi connectivity index (χ4n) is 2.23. The van der Waals surface area contributed by atoms with Gasteiger partial charge in [-0.1, -0.05) is 25.7 Å². The summed E-state index contributed by atoms with van der Waals surface area (Å²) in [6.45, 7) is 0.689. The van der Waals surface area contributed by atoms with Crippen molar-refractivity contribution in [2.45, 2.75) is 51.4 Å². The van der Waals surface area contributed by atoms with Crippen molar-refractivity contribution in [2.75, 3.05) is 6.54 Å². The highest BCUT2D eigenvalue weighted by Crippen LogP contribution is 2.28. The van der Waals surface area contributed by atoms with E-state index in [2.05, 4.69) is 5.32 Å². The van der Waals surface area contributed by atoms with Crippen molar-refractivity contribution in [3.05, 3.63) is 0 Å². The number of hydrogen-bond donors (Lipinski definition) is 2. The van der Waals surface area contributed by atoms with Crippen molar-refractivity contribution >= 4 is 11.9 Å². The zero-order valence-electron chi connectivity index (χ0n) is 9.71. The van der Waals surface area contributed by atoms with Crippen molar-refractivity contribution in [3.63, 3.8) is 0 Å². The molecule has 0 aromatic heterocycles. The third-order valence-corrected chi connectivity index (χ3v) is 3.15. The van der Waals surface area contributed by atoms with E-state index < -0.39 is 5.97 Å². The first kappa shape index (κ1) is 13.0. The molecule has 0 spiro atoms. The summed E-state index contributed by atoms with van der Waals surface area (Å²) in [5.74, 6) is -0.203. The lowest BCUT2D eigenvalue weighted by Gasteiger charge is -2.08. The first-order chi connectivity index (χ1) is 7.68. The quantitative estimate of drug-likeness (QED) is 0.653. The molecule has 0 aliphatic heterocycles. The van der Waals surface area contributed by atoms with Crippen LogP contribution >= 0.6 is 0 Å². The average Bonchev–Trinajstić information content (AvgIpc) is 2.74. The van der Waals surface area contributed by atoms with Crippen LogP contribution in [0.2, 0.25) is 0 Å². The third kappa shape index (κ3) is 5.73. The van der Waals surface area contributed by atoms with Gasteiger partial charge in [-0.2, -0.15) is 0 Å². The molecule has 4 heteroatoms. The molecule has 0 aromatic carbocycles. The molecule has 1 saturated carbocycles. The molecule has 4 nitrogen and oxygen atoms in total. The molecule has 0 heterocycles. The summed E-state index contributed by atoms with van der Waals surface area (Å²) in [5.41, 5.74) is 0. The average molecular weight is 227 g/mol. The Morgan fingerprint density at radius 2 is 1.88 bits per heavy atom. The number of nitrogens with one attached hydrogen (secondary N) is 1. The van der Waals surface area contributed by atoms with E-state index in [1.54, 1.807) is 0 Å². The van der Waals surface area contributed by atoms with Crippen molar-refractivity contribution in [1.82, 2.24) is 5.32 Å². The van der Waals surface area contributed by atoms with E-state index in [1.165, 1.54) is 32.1 Å². The maximum absolute atomic E-state index is 11.2. The Morgan fingerprint density at radius 1 is 1.19 bits per heavy atom. The number of carbonyl (C=O) groups is 2. The lowest BCUT2D eigenvalue weighted by molar-refractivity contribution is -0.138. The van der Waals surface area contributed by atoms with Crippen molar-refractivity contribution < 1.29 is 14.7 Å². The van der Waals surface area contributed by atoms with Crippen molar-refractivity contribution in [1.29, 1.82) is 0 Å². The van der Waals surface area contributed by atoms with Crippen LogP contribution < -0.4 is 5.32 Å². The number of carbonyl (C=O) groups excluding carboxylic acids is 1. The number of hydrogen-bond acceptors (Lipinski definition) is 2. The number of rotatable bonds is 7. The van der Waals surface area contributed by atoms with Gasteiger partial charge in [-0.25, -0.2) is 0 Å². The zero-order valence-corrected chi connectivity index (χ0v) is 9.71. The lowest BCUT2D eigenvalue weighted by Crippen LogP contribution is -2.25. The van der Waals surface area contributed by atoms with E-state index in [4.69, 9.17) is 5.11 Å². The first-order valence-electron chi connectivity index (χ1n) is 6.17. The van der Waals surface area contributed by atoms with E-state index >= 15 is 0 Å². The predicted octanol–water partition coefficient (Wildman–Crippen LogP) is 1.94. The molecular weight excluding hydrogens is 206 g/mol. The van der Waals surface area contributed by atoms with Crippen LogP contribution in [-0.4, -0.2) is 23.5 Å². The minimum Gasteiger partial charge on any atom is -0.481 e. The maximum atomic E-state index is 11.2. The van der Waals surface area contributed by atoms with Crippen LogP contribution in [0.1, 0.15) is 51.4 Å². The van der Waals surface area contributed by atoms with Crippen molar-refractivity contribution in [3.8, 4) is 0 Å². The fourth-order valence-corrected chi connectivity index (χ4v) is 2.23. The molecule has 0 bridgehead atoms. The zero-order chi connectivity index (χ0) is 11.8. The van der Waals surface area contributed by atoms with Gasteiger partial charge in [0.15, 0.2) is 0 Å². The van der Waals surface area contributed by atoms with E-state index in [-0.39, 0.29) is 18.7 Å². The van der Waals surface area contributed by atoms with Crippen LogP contribution in [0.3, 0.4) is 0 Å². The van der Waals surface area contributed by atoms with Gasteiger partial charge in [0.1, 0.15) is 0 Å². The molecule has 0 unspecified atom stereocenters. The Morgan fingerprint density at radius 3 is 2.50 bits per heavy atom. The Labute approximate surface area is 96.4 Å². The second kappa shape index (κ2) is 7.25. The maximum Gasteiger partial charge on any atom is 0.303 e. The molecule has 0 radical (unpaired) electrons. The monoisotopic (exact) mass is 227 g/mol. The lowest BCUT2D eigenvalue weighted by atomic mass is 10.0. The Bertz CT molecular complexity index is 234. The van der Waals surface area contributed by atoms with Crippen molar-refractivity contribution in [2.24, 2.45) is 5.92 Å². The number of aliphatic carboxylic acids is 1. The molecule has 1 aliphatic carbocycles. The molecule has 0 atom stereocenters. The molecular formula is C12H21NO3. The number of amides is 1. The molecule has 0 saturated heterocycles. The summed E-state index contributed by atoms with van der Waals surface area (Å²) in [4.78, 5) is 21.4. The second-order valence-electron chi connectivity index (χ2n) is 4.54. The predicted molar refractivity (Wildman–Crippen MR) is 61.1 cm³/mol. The minimum absolute atomic E-state index is 0.0749. The van der Waals surface area contributed by atoms with Gasteiger partial charge in [0.2, 0.25) is 5.91 Å².